The summed E-state index contributed by atoms with van der Waals surface area (Å²) in [7, 11) is 0. The summed E-state index contributed by atoms with van der Waals surface area (Å²) in [5, 5.41) is 0. The van der Waals surface area contributed by atoms with Gasteiger partial charge < -0.3 is 9.30 Å². The van der Waals surface area contributed by atoms with Gasteiger partial charge in [-0.05, 0) is 30.0 Å². The second-order valence-corrected chi connectivity index (χ2v) is 4.84. The third-order valence-electron chi connectivity index (χ3n) is 3.86. The number of hydrogen-bond donors (Lipinski definition) is 0. The first-order chi connectivity index (χ1) is 8.63. The molecule has 0 fully saturated rings. The average Bonchev–Trinajstić information content (AvgIpc) is 2.72. The summed E-state index contributed by atoms with van der Waals surface area (Å²) in [4.78, 5) is 24.1. The molecular weight excluding hydrogens is 230 g/mol. The second-order valence-electron chi connectivity index (χ2n) is 4.84. The van der Waals surface area contributed by atoms with E-state index in [1.165, 1.54) is 0 Å². The van der Waals surface area contributed by atoms with Gasteiger partial charge in [0.2, 0.25) is 0 Å². The molecule has 0 radical (unpaired) electrons. The molecule has 1 atom stereocenters. The Balaban J connectivity index is 2.27. The fourth-order valence-electron chi connectivity index (χ4n) is 2.81. The van der Waals surface area contributed by atoms with E-state index in [0.29, 0.717) is 18.5 Å². The van der Waals surface area contributed by atoms with Crippen LogP contribution in [0.5, 0.6) is 0 Å². The van der Waals surface area contributed by atoms with E-state index in [4.69, 9.17) is 4.74 Å². The number of cyclic esters (lactones) is 1. The van der Waals surface area contributed by atoms with Gasteiger partial charge >= 0.3 is 5.97 Å². The minimum Gasteiger partial charge on any atom is -0.460 e. The SMILES string of the molecule is C=C1CCn2c1cc1c(c2=O)COC(=O)C1CC. The molecule has 0 N–H and O–H groups in total. The zero-order valence-electron chi connectivity index (χ0n) is 10.4. The fourth-order valence-corrected chi connectivity index (χ4v) is 2.81. The lowest BCUT2D eigenvalue weighted by Crippen LogP contribution is -2.32. The highest BCUT2D eigenvalue weighted by Crippen LogP contribution is 2.32. The van der Waals surface area contributed by atoms with Crippen molar-refractivity contribution in [3.63, 3.8) is 0 Å². The summed E-state index contributed by atoms with van der Waals surface area (Å²) in [6.07, 6.45) is 1.46. The quantitative estimate of drug-likeness (QED) is 0.709. The summed E-state index contributed by atoms with van der Waals surface area (Å²) in [5.41, 5.74) is 3.32. The minimum atomic E-state index is -0.305. The highest BCUT2D eigenvalue weighted by molar-refractivity contribution is 5.80. The molecule has 3 rings (SSSR count). The molecule has 4 nitrogen and oxygen atoms in total. The zero-order valence-corrected chi connectivity index (χ0v) is 10.4. The molecule has 2 aliphatic rings. The number of ether oxygens (including phenoxy) is 1. The van der Waals surface area contributed by atoms with Crippen LogP contribution in [-0.4, -0.2) is 10.5 Å². The largest absolute Gasteiger partial charge is 0.460 e. The maximum Gasteiger partial charge on any atom is 0.313 e. The maximum atomic E-state index is 12.3. The molecule has 1 aromatic heterocycles. The summed E-state index contributed by atoms with van der Waals surface area (Å²) >= 11 is 0. The minimum absolute atomic E-state index is 0.0212. The molecule has 18 heavy (non-hydrogen) atoms. The smallest absolute Gasteiger partial charge is 0.313 e. The molecule has 0 saturated heterocycles. The third kappa shape index (κ3) is 1.38. The molecular formula is C14H15NO3. The number of nitrogens with zero attached hydrogens (tertiary/aromatic N) is 1. The Morgan fingerprint density at radius 3 is 3.00 bits per heavy atom. The Kier molecular flexibility index (Phi) is 2.40. The van der Waals surface area contributed by atoms with Crippen LogP contribution in [0.1, 0.15) is 42.5 Å². The number of carbonyl (C=O) groups excluding carboxylic acids is 1. The van der Waals surface area contributed by atoms with Gasteiger partial charge in [0.05, 0.1) is 11.5 Å². The Labute approximate surface area is 105 Å². The van der Waals surface area contributed by atoms with Crippen molar-refractivity contribution in [3.05, 3.63) is 39.8 Å². The highest BCUT2D eigenvalue weighted by atomic mass is 16.5. The van der Waals surface area contributed by atoms with Crippen LogP contribution in [0.25, 0.3) is 5.57 Å². The van der Waals surface area contributed by atoms with Gasteiger partial charge in [0.25, 0.3) is 5.56 Å². The predicted octanol–water partition coefficient (Wildman–Crippen LogP) is 1.82. The summed E-state index contributed by atoms with van der Waals surface area (Å²) in [6.45, 7) is 6.70. The van der Waals surface area contributed by atoms with Crippen molar-refractivity contribution in [2.75, 3.05) is 0 Å². The van der Waals surface area contributed by atoms with E-state index in [2.05, 4.69) is 6.58 Å². The average molecular weight is 245 g/mol. The molecule has 4 heteroatoms. The highest BCUT2D eigenvalue weighted by Gasteiger charge is 2.32. The number of pyridine rings is 1. The summed E-state index contributed by atoms with van der Waals surface area (Å²) < 4.78 is 6.84. The molecule has 0 saturated carbocycles. The molecule has 94 valence electrons. The van der Waals surface area contributed by atoms with E-state index in [1.807, 2.05) is 13.0 Å². The van der Waals surface area contributed by atoms with E-state index in [1.54, 1.807) is 4.57 Å². The normalized spacial score (nSPS) is 21.5. The fraction of sp³-hybridized carbons (Fsp3) is 0.429. The molecule has 0 spiro atoms. The number of aromatic nitrogens is 1. The number of fused-ring (bicyclic) bond motifs is 2. The Morgan fingerprint density at radius 1 is 1.50 bits per heavy atom. The number of hydrogen-bond acceptors (Lipinski definition) is 3. The standard InChI is InChI=1S/C14H15NO3/c1-3-9-10-6-12-8(2)4-5-15(12)13(16)11(10)7-18-14(9)17/h6,9H,2-5,7H2,1H3. The lowest BCUT2D eigenvalue weighted by Gasteiger charge is -2.24. The topological polar surface area (TPSA) is 48.3 Å². The second kappa shape index (κ2) is 3.83. The van der Waals surface area contributed by atoms with Crippen LogP contribution in [0, 0.1) is 0 Å². The van der Waals surface area contributed by atoms with Crippen molar-refractivity contribution in [3.8, 4) is 0 Å². The first kappa shape index (κ1) is 11.3. The number of rotatable bonds is 1. The van der Waals surface area contributed by atoms with Crippen molar-refractivity contribution in [2.45, 2.75) is 38.8 Å². The lowest BCUT2D eigenvalue weighted by atomic mass is 9.90. The van der Waals surface area contributed by atoms with E-state index < -0.39 is 0 Å². The van der Waals surface area contributed by atoms with Crippen molar-refractivity contribution >= 4 is 11.5 Å². The molecule has 2 aliphatic heterocycles. The Morgan fingerprint density at radius 2 is 2.28 bits per heavy atom. The van der Waals surface area contributed by atoms with E-state index >= 15 is 0 Å². The predicted molar refractivity (Wildman–Crippen MR) is 67.2 cm³/mol. The molecule has 0 aliphatic carbocycles. The number of allylic oxidation sites excluding steroid dienone is 1. The monoisotopic (exact) mass is 245 g/mol. The van der Waals surface area contributed by atoms with Gasteiger partial charge in [0.1, 0.15) is 6.61 Å². The van der Waals surface area contributed by atoms with Crippen LogP contribution >= 0.6 is 0 Å². The van der Waals surface area contributed by atoms with Crippen LogP contribution in [0.2, 0.25) is 0 Å². The van der Waals surface area contributed by atoms with Crippen LogP contribution < -0.4 is 5.56 Å². The molecule has 1 unspecified atom stereocenters. The third-order valence-corrected chi connectivity index (χ3v) is 3.86. The lowest BCUT2D eigenvalue weighted by molar-refractivity contribution is -0.148. The number of esters is 1. The van der Waals surface area contributed by atoms with E-state index in [-0.39, 0.29) is 24.1 Å². The Hall–Kier alpha value is -1.84. The summed E-state index contributed by atoms with van der Waals surface area (Å²) in [5.74, 6) is -0.529. The van der Waals surface area contributed by atoms with Crippen LogP contribution in [-0.2, 0) is 22.7 Å². The molecule has 3 heterocycles. The zero-order chi connectivity index (χ0) is 12.9. The number of carbonyl (C=O) groups is 1. The van der Waals surface area contributed by atoms with Gasteiger partial charge in [-0.3, -0.25) is 9.59 Å². The van der Waals surface area contributed by atoms with Gasteiger partial charge in [-0.25, -0.2) is 0 Å². The van der Waals surface area contributed by atoms with Gasteiger partial charge in [0, 0.05) is 12.2 Å². The summed E-state index contributed by atoms with van der Waals surface area (Å²) in [6, 6.07) is 1.96. The van der Waals surface area contributed by atoms with Gasteiger partial charge in [-0.15, -0.1) is 0 Å². The first-order valence-electron chi connectivity index (χ1n) is 6.25. The molecule has 0 aromatic carbocycles. The van der Waals surface area contributed by atoms with Crippen LogP contribution in [0.3, 0.4) is 0 Å². The molecule has 0 bridgehead atoms. The first-order valence-corrected chi connectivity index (χ1v) is 6.25. The van der Waals surface area contributed by atoms with Crippen molar-refractivity contribution < 1.29 is 9.53 Å². The van der Waals surface area contributed by atoms with Crippen LogP contribution in [0.15, 0.2) is 17.4 Å². The van der Waals surface area contributed by atoms with Gasteiger partial charge in [-0.2, -0.15) is 0 Å². The van der Waals surface area contributed by atoms with Crippen molar-refractivity contribution in [1.29, 1.82) is 0 Å². The van der Waals surface area contributed by atoms with Crippen molar-refractivity contribution in [1.82, 2.24) is 4.57 Å². The van der Waals surface area contributed by atoms with Crippen LogP contribution in [0.4, 0.5) is 0 Å². The van der Waals surface area contributed by atoms with Crippen molar-refractivity contribution in [2.24, 2.45) is 0 Å². The van der Waals surface area contributed by atoms with Gasteiger partial charge in [0.15, 0.2) is 0 Å². The van der Waals surface area contributed by atoms with Gasteiger partial charge in [-0.1, -0.05) is 13.5 Å². The van der Waals surface area contributed by atoms with E-state index in [0.717, 1.165) is 23.3 Å². The van der Waals surface area contributed by atoms with E-state index in [9.17, 15) is 9.59 Å². The molecule has 1 aromatic rings. The molecule has 0 amide bonds. The maximum absolute atomic E-state index is 12.3. The Bertz CT molecular complexity index is 612.